The summed E-state index contributed by atoms with van der Waals surface area (Å²) in [6, 6.07) is 18.8. The summed E-state index contributed by atoms with van der Waals surface area (Å²) < 4.78 is 28.5. The van der Waals surface area contributed by atoms with E-state index in [1.54, 1.807) is 0 Å². The lowest BCUT2D eigenvalue weighted by Crippen LogP contribution is -2.63. The van der Waals surface area contributed by atoms with Gasteiger partial charge in [-0.1, -0.05) is 54.6 Å². The number of hydrogen-bond donors (Lipinski definition) is 2. The summed E-state index contributed by atoms with van der Waals surface area (Å²) in [6.07, 6.45) is 2.56. The Hall–Kier alpha value is -2.02. The first-order valence-corrected chi connectivity index (χ1v) is 10.4. The van der Waals surface area contributed by atoms with Crippen molar-refractivity contribution in [2.24, 2.45) is 0 Å². The lowest BCUT2D eigenvalue weighted by atomic mass is 9.80. The van der Waals surface area contributed by atoms with Gasteiger partial charge in [-0.05, 0) is 42.5 Å². The first-order chi connectivity index (χ1) is 12.5. The van der Waals surface area contributed by atoms with Gasteiger partial charge in [-0.3, -0.25) is 0 Å². The Morgan fingerprint density at radius 1 is 1.12 bits per heavy atom. The maximum atomic E-state index is 12.2. The maximum Gasteiger partial charge on any atom is 0.440 e. The molecule has 2 aromatic rings. The smallest absolute Gasteiger partial charge is 0.312 e. The molecule has 5 nitrogen and oxygen atoms in total. The fourth-order valence-electron chi connectivity index (χ4n) is 4.13. The lowest BCUT2D eigenvalue weighted by Gasteiger charge is -2.38. The van der Waals surface area contributed by atoms with Crippen LogP contribution in [0.1, 0.15) is 18.4 Å². The molecule has 136 valence electrons. The topological polar surface area (TPSA) is 61.2 Å². The Balaban J connectivity index is 1.61. The van der Waals surface area contributed by atoms with Gasteiger partial charge in [0, 0.05) is 6.04 Å². The summed E-state index contributed by atoms with van der Waals surface area (Å²) in [4.78, 5) is 0. The minimum absolute atomic E-state index is 0.0452. The standard InChI is InChI=1S/C20H24N3O2S/c1-23-15-20(22-26(23,24)25)11-6-12-21-19(20)14-16-7-5-10-18(13-16)17-8-3-2-4-9-17/h2-5,7-10,13,19,21-22H,1,6,11-12,14-15H2/q+1. The molecular formula is C20H24N3O2S+. The van der Waals surface area contributed by atoms with Crippen LogP contribution in [0.15, 0.2) is 54.6 Å². The second kappa shape index (κ2) is 6.61. The van der Waals surface area contributed by atoms with Crippen LogP contribution >= 0.6 is 0 Å². The van der Waals surface area contributed by atoms with Crippen LogP contribution in [0.2, 0.25) is 0 Å². The minimum Gasteiger partial charge on any atom is -0.312 e. The number of hydrogen-bond acceptors (Lipinski definition) is 3. The Labute approximate surface area is 154 Å². The van der Waals surface area contributed by atoms with E-state index in [2.05, 4.69) is 53.2 Å². The molecule has 2 aliphatic heterocycles. The molecule has 2 fully saturated rings. The summed E-state index contributed by atoms with van der Waals surface area (Å²) in [6.45, 7) is 5.00. The molecule has 0 aliphatic carbocycles. The van der Waals surface area contributed by atoms with Crippen LogP contribution in [0.25, 0.3) is 11.1 Å². The highest BCUT2D eigenvalue weighted by atomic mass is 32.2. The van der Waals surface area contributed by atoms with Crippen LogP contribution in [0.4, 0.5) is 0 Å². The summed E-state index contributed by atoms with van der Waals surface area (Å²) in [5.41, 5.74) is 3.08. The molecule has 4 rings (SSSR count). The Bertz CT molecular complexity index is 927. The van der Waals surface area contributed by atoms with Crippen molar-refractivity contribution in [1.82, 2.24) is 10.0 Å². The van der Waals surface area contributed by atoms with Crippen molar-refractivity contribution in [3.63, 3.8) is 0 Å². The monoisotopic (exact) mass is 370 g/mol. The number of piperidine rings is 1. The zero-order chi connectivity index (χ0) is 18.2. The van der Waals surface area contributed by atoms with Crippen LogP contribution < -0.4 is 10.0 Å². The summed E-state index contributed by atoms with van der Waals surface area (Å²) in [7, 11) is -3.48. The van der Waals surface area contributed by atoms with Gasteiger partial charge in [0.05, 0.1) is 0 Å². The predicted molar refractivity (Wildman–Crippen MR) is 104 cm³/mol. The SMILES string of the molecule is C=[N+]1CC2(CCCNC2Cc2cccc(-c3ccccc3)c2)NS1(=O)=O. The number of nitrogens with one attached hydrogen (secondary N) is 2. The molecule has 2 N–H and O–H groups in total. The largest absolute Gasteiger partial charge is 0.440 e. The molecule has 6 heteroatoms. The molecule has 2 atom stereocenters. The first-order valence-electron chi connectivity index (χ1n) is 8.98. The van der Waals surface area contributed by atoms with Gasteiger partial charge in [0.15, 0.2) is 6.54 Å². The molecular weight excluding hydrogens is 346 g/mol. The van der Waals surface area contributed by atoms with E-state index in [4.69, 9.17) is 0 Å². The molecule has 2 heterocycles. The van der Waals surface area contributed by atoms with Crippen LogP contribution in [0, 0.1) is 0 Å². The average Bonchev–Trinajstić information content (AvgIpc) is 2.87. The fourth-order valence-corrected chi connectivity index (χ4v) is 5.48. The first kappa shape index (κ1) is 17.4. The fraction of sp³-hybridized carbons (Fsp3) is 0.350. The Kier molecular flexibility index (Phi) is 4.42. The van der Waals surface area contributed by atoms with Gasteiger partial charge in [-0.15, -0.1) is 17.1 Å². The van der Waals surface area contributed by atoms with Gasteiger partial charge in [-0.25, -0.2) is 0 Å². The molecule has 2 saturated heterocycles. The minimum atomic E-state index is -3.48. The molecule has 0 bridgehead atoms. The molecule has 2 aliphatic rings. The van der Waals surface area contributed by atoms with Crippen LogP contribution in [0.5, 0.6) is 0 Å². The molecule has 0 radical (unpaired) electrons. The van der Waals surface area contributed by atoms with E-state index < -0.39 is 15.7 Å². The van der Waals surface area contributed by atoms with Gasteiger partial charge in [-0.2, -0.15) is 0 Å². The summed E-state index contributed by atoms with van der Waals surface area (Å²) in [5, 5.41) is 3.54. The van der Waals surface area contributed by atoms with Crippen molar-refractivity contribution in [2.45, 2.75) is 30.8 Å². The van der Waals surface area contributed by atoms with E-state index in [-0.39, 0.29) is 6.04 Å². The Morgan fingerprint density at radius 3 is 2.62 bits per heavy atom. The quantitative estimate of drug-likeness (QED) is 0.812. The maximum absolute atomic E-state index is 12.2. The van der Waals surface area contributed by atoms with Gasteiger partial charge < -0.3 is 5.32 Å². The summed E-state index contributed by atoms with van der Waals surface area (Å²) in [5.74, 6) is 0. The zero-order valence-corrected chi connectivity index (χ0v) is 15.5. The van der Waals surface area contributed by atoms with Crippen LogP contribution in [-0.4, -0.2) is 43.8 Å². The molecule has 0 saturated carbocycles. The second-order valence-electron chi connectivity index (χ2n) is 7.25. The number of nitrogens with zero attached hydrogens (tertiary/aromatic N) is 1. The van der Waals surface area contributed by atoms with Gasteiger partial charge in [0.2, 0.25) is 0 Å². The lowest BCUT2D eigenvalue weighted by molar-refractivity contribution is -0.355. The van der Waals surface area contributed by atoms with E-state index in [9.17, 15) is 8.42 Å². The predicted octanol–water partition coefficient (Wildman–Crippen LogP) is 1.95. The Morgan fingerprint density at radius 2 is 1.88 bits per heavy atom. The van der Waals surface area contributed by atoms with E-state index in [1.165, 1.54) is 20.7 Å². The van der Waals surface area contributed by atoms with Gasteiger partial charge in [0.1, 0.15) is 12.3 Å². The normalized spacial score (nSPS) is 27.7. The molecule has 2 unspecified atom stereocenters. The molecule has 0 amide bonds. The van der Waals surface area contributed by atoms with Crippen molar-refractivity contribution in [2.75, 3.05) is 13.1 Å². The van der Waals surface area contributed by atoms with Crippen molar-refractivity contribution in [1.29, 1.82) is 0 Å². The van der Waals surface area contributed by atoms with Gasteiger partial charge in [0.25, 0.3) is 0 Å². The third-order valence-corrected chi connectivity index (χ3v) is 6.94. The molecule has 26 heavy (non-hydrogen) atoms. The van der Waals surface area contributed by atoms with Crippen LogP contribution in [-0.2, 0) is 16.6 Å². The molecule has 1 spiro atoms. The zero-order valence-electron chi connectivity index (χ0n) is 14.7. The van der Waals surface area contributed by atoms with Crippen molar-refractivity contribution >= 4 is 16.9 Å². The van der Waals surface area contributed by atoms with Crippen molar-refractivity contribution in [3.05, 3.63) is 60.2 Å². The highest BCUT2D eigenvalue weighted by Gasteiger charge is 2.55. The highest BCUT2D eigenvalue weighted by molar-refractivity contribution is 7.83. The molecule has 2 aromatic carbocycles. The van der Waals surface area contributed by atoms with E-state index in [0.29, 0.717) is 6.54 Å². The molecule has 0 aromatic heterocycles. The summed E-state index contributed by atoms with van der Waals surface area (Å²) >= 11 is 0. The average molecular weight is 370 g/mol. The van der Waals surface area contributed by atoms with E-state index >= 15 is 0 Å². The number of benzene rings is 2. The third-order valence-electron chi connectivity index (χ3n) is 5.46. The van der Waals surface area contributed by atoms with E-state index in [1.807, 2.05) is 18.2 Å². The van der Waals surface area contributed by atoms with Crippen LogP contribution in [0.3, 0.4) is 0 Å². The van der Waals surface area contributed by atoms with Gasteiger partial charge >= 0.3 is 10.2 Å². The second-order valence-corrected chi connectivity index (χ2v) is 8.92. The van der Waals surface area contributed by atoms with Crippen molar-refractivity contribution in [3.8, 4) is 11.1 Å². The third kappa shape index (κ3) is 3.20. The van der Waals surface area contributed by atoms with Crippen molar-refractivity contribution < 1.29 is 12.4 Å². The van der Waals surface area contributed by atoms with E-state index in [0.717, 1.165) is 25.8 Å². The highest BCUT2D eigenvalue weighted by Crippen LogP contribution is 2.31. The number of rotatable bonds is 3.